The molecular formula is C22H22N2O4. The molecule has 6 heteroatoms. The number of hydrogen-bond acceptors (Lipinski definition) is 4. The lowest BCUT2D eigenvalue weighted by Gasteiger charge is -2.31. The van der Waals surface area contributed by atoms with E-state index in [0.717, 1.165) is 42.7 Å². The highest BCUT2D eigenvalue weighted by Crippen LogP contribution is 2.46. The van der Waals surface area contributed by atoms with Gasteiger partial charge in [0.05, 0.1) is 0 Å². The summed E-state index contributed by atoms with van der Waals surface area (Å²) in [5.74, 6) is 0.732. The molecule has 2 N–H and O–H groups in total. The first-order chi connectivity index (χ1) is 13.6. The molecule has 2 aliphatic heterocycles. The fourth-order valence-corrected chi connectivity index (χ4v) is 4.19. The summed E-state index contributed by atoms with van der Waals surface area (Å²) >= 11 is 0. The molecule has 0 unspecified atom stereocenters. The lowest BCUT2D eigenvalue weighted by Crippen LogP contribution is -2.40. The average molecular weight is 378 g/mol. The van der Waals surface area contributed by atoms with Gasteiger partial charge in [0.25, 0.3) is 11.7 Å². The largest absolute Gasteiger partial charge is 0.448 e. The number of carbonyl (C=O) groups excluding carboxylic acids is 2. The third kappa shape index (κ3) is 3.09. The van der Waals surface area contributed by atoms with Crippen LogP contribution in [0.3, 0.4) is 0 Å². The van der Waals surface area contributed by atoms with E-state index in [2.05, 4.69) is 10.6 Å². The summed E-state index contributed by atoms with van der Waals surface area (Å²) in [6.45, 7) is 0. The molecule has 0 aromatic heterocycles. The van der Waals surface area contributed by atoms with Gasteiger partial charge in [-0.05, 0) is 55.2 Å². The molecule has 28 heavy (non-hydrogen) atoms. The van der Waals surface area contributed by atoms with Crippen molar-refractivity contribution in [2.45, 2.75) is 50.7 Å². The Hall–Kier alpha value is -3.02. The predicted octanol–water partition coefficient (Wildman–Crippen LogP) is 4.26. The van der Waals surface area contributed by atoms with Crippen molar-refractivity contribution in [2.75, 3.05) is 10.6 Å². The number of benzene rings is 2. The van der Waals surface area contributed by atoms with Gasteiger partial charge in [-0.25, -0.2) is 0 Å². The zero-order valence-electron chi connectivity index (χ0n) is 15.5. The molecule has 0 saturated heterocycles. The van der Waals surface area contributed by atoms with Gasteiger partial charge in [-0.2, -0.15) is 0 Å². The van der Waals surface area contributed by atoms with E-state index in [-0.39, 0.29) is 11.8 Å². The van der Waals surface area contributed by atoms with Crippen LogP contribution >= 0.6 is 0 Å². The summed E-state index contributed by atoms with van der Waals surface area (Å²) in [4.78, 5) is 24.2. The predicted molar refractivity (Wildman–Crippen MR) is 105 cm³/mol. The van der Waals surface area contributed by atoms with Gasteiger partial charge in [-0.15, -0.1) is 0 Å². The highest BCUT2D eigenvalue weighted by Gasteiger charge is 2.42. The molecule has 2 heterocycles. The van der Waals surface area contributed by atoms with Crippen molar-refractivity contribution in [3.8, 4) is 11.5 Å². The minimum absolute atomic E-state index is 0.0146. The van der Waals surface area contributed by atoms with Gasteiger partial charge in [0.15, 0.2) is 11.5 Å². The number of aryl methyl sites for hydroxylation is 1. The van der Waals surface area contributed by atoms with E-state index in [1.165, 1.54) is 6.42 Å². The van der Waals surface area contributed by atoms with Crippen molar-refractivity contribution in [3.63, 3.8) is 0 Å². The van der Waals surface area contributed by atoms with Crippen LogP contribution in [0.25, 0.3) is 0 Å². The Morgan fingerprint density at radius 1 is 0.964 bits per heavy atom. The lowest BCUT2D eigenvalue weighted by atomic mass is 9.94. The van der Waals surface area contributed by atoms with Gasteiger partial charge in [-0.3, -0.25) is 9.59 Å². The van der Waals surface area contributed by atoms with Gasteiger partial charge in [0.1, 0.15) is 0 Å². The second kappa shape index (κ2) is 6.55. The van der Waals surface area contributed by atoms with Gasteiger partial charge in [0, 0.05) is 42.3 Å². The number of amides is 2. The summed E-state index contributed by atoms with van der Waals surface area (Å²) in [5, 5.41) is 5.76. The fourth-order valence-electron chi connectivity index (χ4n) is 4.19. The normalized spacial score (nSPS) is 19.1. The third-order valence-electron chi connectivity index (χ3n) is 5.67. The van der Waals surface area contributed by atoms with Gasteiger partial charge >= 0.3 is 0 Å². The molecule has 1 saturated carbocycles. The van der Waals surface area contributed by atoms with Gasteiger partial charge in [-0.1, -0.05) is 6.42 Å². The van der Waals surface area contributed by atoms with E-state index in [4.69, 9.17) is 9.47 Å². The highest BCUT2D eigenvalue weighted by molar-refractivity contribution is 6.05. The Morgan fingerprint density at radius 3 is 2.64 bits per heavy atom. The average Bonchev–Trinajstić information content (AvgIpc) is 3.04. The maximum absolute atomic E-state index is 12.7. The van der Waals surface area contributed by atoms with Crippen molar-refractivity contribution in [2.24, 2.45) is 0 Å². The molecule has 2 amide bonds. The summed E-state index contributed by atoms with van der Waals surface area (Å²) < 4.78 is 12.2. The van der Waals surface area contributed by atoms with E-state index >= 15 is 0 Å². The van der Waals surface area contributed by atoms with Crippen LogP contribution in [0.4, 0.5) is 11.4 Å². The molecule has 3 aliphatic rings. The lowest BCUT2D eigenvalue weighted by molar-refractivity contribution is -0.116. The quantitative estimate of drug-likeness (QED) is 0.819. The van der Waals surface area contributed by atoms with Crippen LogP contribution < -0.4 is 20.1 Å². The van der Waals surface area contributed by atoms with E-state index in [1.807, 2.05) is 24.3 Å². The molecule has 1 fully saturated rings. The van der Waals surface area contributed by atoms with Crippen molar-refractivity contribution in [1.29, 1.82) is 0 Å². The number of hydrogen-bond donors (Lipinski definition) is 2. The number of ether oxygens (including phenoxy) is 2. The molecule has 144 valence electrons. The van der Waals surface area contributed by atoms with E-state index < -0.39 is 5.79 Å². The van der Waals surface area contributed by atoms with Crippen LogP contribution in [-0.4, -0.2) is 17.6 Å². The molecule has 5 rings (SSSR count). The first-order valence-corrected chi connectivity index (χ1v) is 9.87. The summed E-state index contributed by atoms with van der Waals surface area (Å²) in [5.41, 5.74) is 3.01. The third-order valence-corrected chi connectivity index (χ3v) is 5.67. The Labute approximate surface area is 163 Å². The van der Waals surface area contributed by atoms with E-state index in [1.54, 1.807) is 12.1 Å². The number of fused-ring (bicyclic) bond motifs is 2. The monoisotopic (exact) mass is 378 g/mol. The van der Waals surface area contributed by atoms with Crippen LogP contribution in [-0.2, 0) is 11.2 Å². The summed E-state index contributed by atoms with van der Waals surface area (Å²) in [7, 11) is 0. The van der Waals surface area contributed by atoms with Crippen molar-refractivity contribution in [3.05, 3.63) is 47.5 Å². The Balaban J connectivity index is 1.32. The molecular weight excluding hydrogens is 356 g/mol. The number of rotatable bonds is 2. The fraction of sp³-hybridized carbons (Fsp3) is 0.364. The maximum Gasteiger partial charge on any atom is 0.255 e. The van der Waals surface area contributed by atoms with Crippen LogP contribution in [0.2, 0.25) is 0 Å². The second-order valence-electron chi connectivity index (χ2n) is 7.71. The van der Waals surface area contributed by atoms with Crippen molar-refractivity contribution in [1.82, 2.24) is 0 Å². The summed E-state index contributed by atoms with van der Waals surface area (Å²) in [6.07, 6.45) is 6.32. The number of carbonyl (C=O) groups is 2. The standard InChI is InChI=1S/C22H22N2O4/c25-20-9-5-14-12-15(4-7-17(14)24-20)21(26)23-16-6-8-18-19(13-16)28-22(27-18)10-2-1-3-11-22/h4,6-8,12-13H,1-3,5,9-11H2,(H,23,26)(H,24,25). The minimum Gasteiger partial charge on any atom is -0.448 e. The molecule has 1 aliphatic carbocycles. The summed E-state index contributed by atoms with van der Waals surface area (Å²) in [6, 6.07) is 10.9. The smallest absolute Gasteiger partial charge is 0.255 e. The van der Waals surface area contributed by atoms with Crippen molar-refractivity contribution >= 4 is 23.2 Å². The second-order valence-corrected chi connectivity index (χ2v) is 7.71. The molecule has 6 nitrogen and oxygen atoms in total. The molecule has 2 aromatic carbocycles. The SMILES string of the molecule is O=C1CCc2cc(C(=O)Nc3ccc4c(c3)OC3(CCCCC3)O4)ccc2N1. The molecule has 0 bridgehead atoms. The van der Waals surface area contributed by atoms with E-state index in [9.17, 15) is 9.59 Å². The van der Waals surface area contributed by atoms with Crippen LogP contribution in [0.1, 0.15) is 54.4 Å². The molecule has 1 spiro atoms. The Kier molecular flexibility index (Phi) is 4.00. The maximum atomic E-state index is 12.7. The van der Waals surface area contributed by atoms with Crippen LogP contribution in [0, 0.1) is 0 Å². The zero-order valence-corrected chi connectivity index (χ0v) is 15.5. The number of nitrogens with one attached hydrogen (secondary N) is 2. The van der Waals surface area contributed by atoms with Gasteiger partial charge in [0.2, 0.25) is 5.91 Å². The Bertz CT molecular complexity index is 963. The van der Waals surface area contributed by atoms with Gasteiger partial charge < -0.3 is 20.1 Å². The highest BCUT2D eigenvalue weighted by atomic mass is 16.7. The van der Waals surface area contributed by atoms with Crippen molar-refractivity contribution < 1.29 is 19.1 Å². The molecule has 0 atom stereocenters. The zero-order chi connectivity index (χ0) is 19.1. The minimum atomic E-state index is -0.522. The van der Waals surface area contributed by atoms with Crippen LogP contribution in [0.5, 0.6) is 11.5 Å². The van der Waals surface area contributed by atoms with E-state index in [0.29, 0.717) is 29.8 Å². The number of anilines is 2. The molecule has 0 radical (unpaired) electrons. The van der Waals surface area contributed by atoms with Crippen LogP contribution in [0.15, 0.2) is 36.4 Å². The first kappa shape index (κ1) is 17.1. The molecule has 2 aromatic rings. The topological polar surface area (TPSA) is 76.7 Å². The Morgan fingerprint density at radius 2 is 1.79 bits per heavy atom. The first-order valence-electron chi connectivity index (χ1n) is 9.87.